The van der Waals surface area contributed by atoms with Crippen molar-refractivity contribution in [2.75, 3.05) is 14.2 Å². The maximum Gasteiger partial charge on any atom is 0.204 e. The molecule has 94 valence electrons. The summed E-state index contributed by atoms with van der Waals surface area (Å²) in [7, 11) is 2.38. The van der Waals surface area contributed by atoms with E-state index >= 15 is 0 Å². The van der Waals surface area contributed by atoms with E-state index in [0.29, 0.717) is 0 Å². The fourth-order valence-corrected chi connectivity index (χ4v) is 1.40. The van der Waals surface area contributed by atoms with Crippen LogP contribution in [0.15, 0.2) is 6.07 Å². The van der Waals surface area contributed by atoms with Crippen molar-refractivity contribution >= 4 is 5.78 Å². The predicted octanol–water partition coefficient (Wildman–Crippen LogP) is 1.51. The summed E-state index contributed by atoms with van der Waals surface area (Å²) in [6.07, 6.45) is 0. The highest BCUT2D eigenvalue weighted by Crippen LogP contribution is 2.35. The van der Waals surface area contributed by atoms with Crippen molar-refractivity contribution in [3.8, 4) is 11.5 Å². The minimum absolute atomic E-state index is 0.141. The SMILES string of the molecule is COc1c(C(=O)C(C)N)cc(F)c(F)c1OC. The normalized spacial score (nSPS) is 12.1. The van der Waals surface area contributed by atoms with Gasteiger partial charge in [0.1, 0.15) is 0 Å². The standard InChI is InChI=1S/C11H13F2NO3/c1-5(14)9(15)6-4-7(12)8(13)11(17-3)10(6)16-2/h4-5H,14H2,1-3H3. The lowest BCUT2D eigenvalue weighted by Crippen LogP contribution is -2.27. The summed E-state index contributed by atoms with van der Waals surface area (Å²) >= 11 is 0. The van der Waals surface area contributed by atoms with E-state index in [9.17, 15) is 13.6 Å². The topological polar surface area (TPSA) is 61.5 Å². The third kappa shape index (κ3) is 2.36. The van der Waals surface area contributed by atoms with Gasteiger partial charge in [0.25, 0.3) is 0 Å². The average molecular weight is 245 g/mol. The molecule has 0 spiro atoms. The summed E-state index contributed by atoms with van der Waals surface area (Å²) in [5, 5.41) is 0. The number of rotatable bonds is 4. The summed E-state index contributed by atoms with van der Waals surface area (Å²) in [5.74, 6) is -3.55. The van der Waals surface area contributed by atoms with Gasteiger partial charge in [0.2, 0.25) is 11.6 Å². The van der Waals surface area contributed by atoms with Crippen LogP contribution in [0.5, 0.6) is 11.5 Å². The smallest absolute Gasteiger partial charge is 0.204 e. The summed E-state index contributed by atoms with van der Waals surface area (Å²) < 4.78 is 36.2. The van der Waals surface area contributed by atoms with Gasteiger partial charge in [-0.1, -0.05) is 0 Å². The molecular weight excluding hydrogens is 232 g/mol. The highest BCUT2D eigenvalue weighted by molar-refractivity contribution is 6.02. The molecule has 0 aliphatic carbocycles. The number of hydrogen-bond acceptors (Lipinski definition) is 4. The van der Waals surface area contributed by atoms with Gasteiger partial charge < -0.3 is 15.2 Å². The minimum Gasteiger partial charge on any atom is -0.492 e. The van der Waals surface area contributed by atoms with Crippen molar-refractivity contribution in [2.45, 2.75) is 13.0 Å². The van der Waals surface area contributed by atoms with E-state index in [4.69, 9.17) is 10.5 Å². The van der Waals surface area contributed by atoms with Crippen molar-refractivity contribution in [1.82, 2.24) is 0 Å². The number of Topliss-reactive ketones (excluding diaryl/α,β-unsaturated/α-hetero) is 1. The van der Waals surface area contributed by atoms with Crippen LogP contribution < -0.4 is 15.2 Å². The van der Waals surface area contributed by atoms with Gasteiger partial charge in [-0.2, -0.15) is 4.39 Å². The molecule has 1 rings (SSSR count). The molecule has 0 aliphatic rings. The lowest BCUT2D eigenvalue weighted by Gasteiger charge is -2.14. The molecule has 0 bridgehead atoms. The number of halogens is 2. The monoisotopic (exact) mass is 245 g/mol. The second kappa shape index (κ2) is 5.09. The molecule has 1 aromatic carbocycles. The maximum absolute atomic E-state index is 13.4. The number of ketones is 1. The number of benzene rings is 1. The van der Waals surface area contributed by atoms with E-state index in [0.717, 1.165) is 13.2 Å². The molecule has 1 unspecified atom stereocenters. The average Bonchev–Trinajstić information content (AvgIpc) is 2.30. The summed E-state index contributed by atoms with van der Waals surface area (Å²) in [6, 6.07) is -0.0963. The van der Waals surface area contributed by atoms with Crippen molar-refractivity contribution < 1.29 is 23.0 Å². The van der Waals surface area contributed by atoms with Crippen molar-refractivity contribution in [3.05, 3.63) is 23.3 Å². The highest BCUT2D eigenvalue weighted by Gasteiger charge is 2.25. The molecule has 4 nitrogen and oxygen atoms in total. The van der Waals surface area contributed by atoms with Crippen LogP contribution in [0.4, 0.5) is 8.78 Å². The fraction of sp³-hybridized carbons (Fsp3) is 0.364. The first-order chi connectivity index (χ1) is 7.93. The van der Waals surface area contributed by atoms with Crippen LogP contribution in [0.1, 0.15) is 17.3 Å². The Kier molecular flexibility index (Phi) is 4.01. The maximum atomic E-state index is 13.4. The largest absolute Gasteiger partial charge is 0.492 e. The summed E-state index contributed by atoms with van der Waals surface area (Å²) in [4.78, 5) is 11.7. The molecule has 1 aromatic rings. The zero-order valence-electron chi connectivity index (χ0n) is 9.71. The molecule has 0 fully saturated rings. The Bertz CT molecular complexity index is 447. The molecule has 6 heteroatoms. The number of carbonyl (C=O) groups is 1. The Morgan fingerprint density at radius 1 is 1.29 bits per heavy atom. The number of hydrogen-bond donors (Lipinski definition) is 1. The molecule has 0 saturated heterocycles. The minimum atomic E-state index is -1.20. The lowest BCUT2D eigenvalue weighted by molar-refractivity contribution is 0.0963. The van der Waals surface area contributed by atoms with Gasteiger partial charge in [-0.3, -0.25) is 4.79 Å². The quantitative estimate of drug-likeness (QED) is 0.817. The van der Waals surface area contributed by atoms with E-state index in [1.54, 1.807) is 0 Å². The van der Waals surface area contributed by atoms with Crippen LogP contribution in [-0.2, 0) is 0 Å². The van der Waals surface area contributed by atoms with Gasteiger partial charge in [-0.15, -0.1) is 0 Å². The second-order valence-electron chi connectivity index (χ2n) is 3.44. The molecular formula is C11H13F2NO3. The van der Waals surface area contributed by atoms with E-state index in [1.165, 1.54) is 14.0 Å². The Morgan fingerprint density at radius 3 is 2.24 bits per heavy atom. The van der Waals surface area contributed by atoms with E-state index in [1.807, 2.05) is 0 Å². The van der Waals surface area contributed by atoms with Crippen molar-refractivity contribution in [3.63, 3.8) is 0 Å². The van der Waals surface area contributed by atoms with Crippen molar-refractivity contribution in [1.29, 1.82) is 0 Å². The van der Waals surface area contributed by atoms with Gasteiger partial charge in [0, 0.05) is 0 Å². The summed E-state index contributed by atoms with van der Waals surface area (Å²) in [6.45, 7) is 1.44. The van der Waals surface area contributed by atoms with Crippen LogP contribution in [0, 0.1) is 11.6 Å². The Balaban J connectivity index is 3.50. The van der Waals surface area contributed by atoms with E-state index in [2.05, 4.69) is 4.74 Å². The van der Waals surface area contributed by atoms with Gasteiger partial charge >= 0.3 is 0 Å². The molecule has 0 saturated carbocycles. The van der Waals surface area contributed by atoms with Gasteiger partial charge in [-0.05, 0) is 13.0 Å². The van der Waals surface area contributed by atoms with Crippen LogP contribution in [-0.4, -0.2) is 26.0 Å². The fourth-order valence-electron chi connectivity index (χ4n) is 1.40. The molecule has 0 aromatic heterocycles. The van der Waals surface area contributed by atoms with Crippen molar-refractivity contribution in [2.24, 2.45) is 5.73 Å². The molecule has 17 heavy (non-hydrogen) atoms. The van der Waals surface area contributed by atoms with Crippen LogP contribution in [0.25, 0.3) is 0 Å². The zero-order valence-corrected chi connectivity index (χ0v) is 9.71. The Morgan fingerprint density at radius 2 is 1.82 bits per heavy atom. The zero-order chi connectivity index (χ0) is 13.2. The lowest BCUT2D eigenvalue weighted by atomic mass is 10.0. The molecule has 0 aliphatic heterocycles. The molecule has 2 N–H and O–H groups in total. The first-order valence-electron chi connectivity index (χ1n) is 4.83. The van der Waals surface area contributed by atoms with E-state index < -0.39 is 29.2 Å². The molecule has 0 radical (unpaired) electrons. The van der Waals surface area contributed by atoms with E-state index in [-0.39, 0.29) is 11.3 Å². The number of methoxy groups -OCH3 is 2. The number of carbonyl (C=O) groups excluding carboxylic acids is 1. The first-order valence-corrected chi connectivity index (χ1v) is 4.83. The van der Waals surface area contributed by atoms with Gasteiger partial charge in [-0.25, -0.2) is 4.39 Å². The Labute approximate surface area is 97.3 Å². The molecule has 0 amide bonds. The third-order valence-electron chi connectivity index (χ3n) is 2.22. The molecule has 0 heterocycles. The highest BCUT2D eigenvalue weighted by atomic mass is 19.2. The van der Waals surface area contributed by atoms with Crippen LogP contribution >= 0.6 is 0 Å². The second-order valence-corrected chi connectivity index (χ2v) is 3.44. The first kappa shape index (κ1) is 13.4. The predicted molar refractivity (Wildman–Crippen MR) is 57.4 cm³/mol. The van der Waals surface area contributed by atoms with Gasteiger partial charge in [0.15, 0.2) is 17.3 Å². The Hall–Kier alpha value is -1.69. The van der Waals surface area contributed by atoms with Crippen LogP contribution in [0.2, 0.25) is 0 Å². The van der Waals surface area contributed by atoms with Gasteiger partial charge in [0.05, 0.1) is 25.8 Å². The third-order valence-corrected chi connectivity index (χ3v) is 2.22. The number of ether oxygens (including phenoxy) is 2. The number of nitrogens with two attached hydrogens (primary N) is 1. The summed E-state index contributed by atoms with van der Waals surface area (Å²) in [5.41, 5.74) is 5.27. The molecule has 1 atom stereocenters. The van der Waals surface area contributed by atoms with Crippen LogP contribution in [0.3, 0.4) is 0 Å².